The van der Waals surface area contributed by atoms with Crippen LogP contribution < -0.4 is 5.01 Å². The predicted molar refractivity (Wildman–Crippen MR) is 84.8 cm³/mol. The number of hydrogen-bond donors (Lipinski definition) is 1. The first-order valence-electron chi connectivity index (χ1n) is 7.32. The zero-order valence-electron chi connectivity index (χ0n) is 12.9. The van der Waals surface area contributed by atoms with Crippen LogP contribution >= 0.6 is 0 Å². The van der Waals surface area contributed by atoms with Crippen LogP contribution in [0.1, 0.15) is 37.0 Å². The van der Waals surface area contributed by atoms with Gasteiger partial charge in [-0.3, -0.25) is 9.80 Å². The molecule has 5 heteroatoms. The number of benzene rings is 1. The molecule has 0 radical (unpaired) electrons. The molecule has 0 saturated carbocycles. The maximum atomic E-state index is 12.2. The third-order valence-electron chi connectivity index (χ3n) is 3.62. The summed E-state index contributed by atoms with van der Waals surface area (Å²) >= 11 is 0. The molecule has 1 N–H and O–H groups in total. The smallest absolute Gasteiger partial charge is 0.253 e. The van der Waals surface area contributed by atoms with Crippen molar-refractivity contribution in [3.63, 3.8) is 0 Å². The van der Waals surface area contributed by atoms with Gasteiger partial charge in [0.15, 0.2) is 0 Å². The van der Waals surface area contributed by atoms with Crippen molar-refractivity contribution >= 4 is 17.3 Å². The summed E-state index contributed by atoms with van der Waals surface area (Å²) in [5, 5.41) is 15.7. The minimum absolute atomic E-state index is 0.0247. The van der Waals surface area contributed by atoms with Crippen LogP contribution in [0.2, 0.25) is 0 Å². The summed E-state index contributed by atoms with van der Waals surface area (Å²) < 4.78 is 0. The number of carbonyl (C=O) groups excluding carboxylic acids is 1. The molecule has 1 amide bonds. The number of hydrazone groups is 1. The number of amides is 1. The first-order chi connectivity index (χ1) is 9.97. The van der Waals surface area contributed by atoms with Crippen molar-refractivity contribution in [2.45, 2.75) is 32.8 Å². The van der Waals surface area contributed by atoms with E-state index < -0.39 is 0 Å². The number of anilines is 1. The average Bonchev–Trinajstić information content (AvgIpc) is 2.90. The molecule has 0 spiro atoms. The van der Waals surface area contributed by atoms with Gasteiger partial charge in [0.05, 0.1) is 11.8 Å². The Hall–Kier alpha value is -1.88. The van der Waals surface area contributed by atoms with Crippen LogP contribution in [-0.2, 0) is 0 Å². The monoisotopic (exact) mass is 289 g/mol. The Labute approximate surface area is 125 Å². The van der Waals surface area contributed by atoms with Crippen molar-refractivity contribution in [2.75, 3.05) is 25.1 Å². The standard InChI is InChI=1S/C16H23N3O2/c1-12-8-11-19(17-12)15-6-4-14(5-7-15)16(21)18(3)10-9-13(2)20/h4-7,13,20H,8-11H2,1-3H3. The maximum absolute atomic E-state index is 12.2. The Morgan fingerprint density at radius 3 is 2.62 bits per heavy atom. The van der Waals surface area contributed by atoms with Gasteiger partial charge in [0, 0.05) is 37.8 Å². The molecule has 1 heterocycles. The van der Waals surface area contributed by atoms with E-state index in [-0.39, 0.29) is 12.0 Å². The Morgan fingerprint density at radius 2 is 2.10 bits per heavy atom. The van der Waals surface area contributed by atoms with Gasteiger partial charge >= 0.3 is 0 Å². The van der Waals surface area contributed by atoms with Gasteiger partial charge in [0.1, 0.15) is 0 Å². The molecule has 1 aromatic rings. The number of hydrogen-bond acceptors (Lipinski definition) is 4. The lowest BCUT2D eigenvalue weighted by atomic mass is 10.1. The molecule has 0 fully saturated rings. The third-order valence-corrected chi connectivity index (χ3v) is 3.62. The van der Waals surface area contributed by atoms with Crippen LogP contribution in [0.5, 0.6) is 0 Å². The summed E-state index contributed by atoms with van der Waals surface area (Å²) in [6, 6.07) is 7.52. The topological polar surface area (TPSA) is 56.1 Å². The molecule has 1 aliphatic rings. The fourth-order valence-electron chi connectivity index (χ4n) is 2.24. The Kier molecular flexibility index (Phi) is 4.96. The summed E-state index contributed by atoms with van der Waals surface area (Å²) in [6.45, 7) is 5.20. The van der Waals surface area contributed by atoms with Crippen molar-refractivity contribution in [1.29, 1.82) is 0 Å². The van der Waals surface area contributed by atoms with Gasteiger partial charge in [0.25, 0.3) is 5.91 Å². The molecule has 114 valence electrons. The molecule has 2 rings (SSSR count). The van der Waals surface area contributed by atoms with Crippen LogP contribution in [0, 0.1) is 0 Å². The normalized spacial score (nSPS) is 15.8. The highest BCUT2D eigenvalue weighted by Crippen LogP contribution is 2.20. The van der Waals surface area contributed by atoms with Gasteiger partial charge in [-0.2, -0.15) is 5.10 Å². The van der Waals surface area contributed by atoms with Crippen molar-refractivity contribution in [3.05, 3.63) is 29.8 Å². The van der Waals surface area contributed by atoms with E-state index in [1.54, 1.807) is 18.9 Å². The van der Waals surface area contributed by atoms with Gasteiger partial charge in [-0.15, -0.1) is 0 Å². The summed E-state index contributed by atoms with van der Waals surface area (Å²) in [5.41, 5.74) is 2.80. The second-order valence-electron chi connectivity index (χ2n) is 5.62. The lowest BCUT2D eigenvalue weighted by molar-refractivity contribution is 0.0769. The summed E-state index contributed by atoms with van der Waals surface area (Å²) in [7, 11) is 1.76. The highest BCUT2D eigenvalue weighted by atomic mass is 16.3. The van der Waals surface area contributed by atoms with E-state index in [1.165, 1.54) is 0 Å². The number of rotatable bonds is 5. The molecule has 1 unspecified atom stereocenters. The molecule has 0 aliphatic carbocycles. The molecular weight excluding hydrogens is 266 g/mol. The predicted octanol–water partition coefficient (Wildman–Crippen LogP) is 2.12. The highest BCUT2D eigenvalue weighted by molar-refractivity contribution is 5.94. The SMILES string of the molecule is CC1=NN(c2ccc(C(=O)N(C)CCC(C)O)cc2)CC1. The van der Waals surface area contributed by atoms with Gasteiger partial charge in [-0.05, 0) is 44.5 Å². The second kappa shape index (κ2) is 6.72. The van der Waals surface area contributed by atoms with Crippen LogP contribution in [0.15, 0.2) is 29.4 Å². The van der Waals surface area contributed by atoms with Gasteiger partial charge in [0.2, 0.25) is 0 Å². The van der Waals surface area contributed by atoms with E-state index in [1.807, 2.05) is 36.2 Å². The van der Waals surface area contributed by atoms with Gasteiger partial charge in [-0.1, -0.05) is 0 Å². The zero-order valence-corrected chi connectivity index (χ0v) is 12.9. The van der Waals surface area contributed by atoms with Crippen LogP contribution in [-0.4, -0.2) is 47.9 Å². The van der Waals surface area contributed by atoms with E-state index >= 15 is 0 Å². The van der Waals surface area contributed by atoms with Crippen molar-refractivity contribution in [1.82, 2.24) is 4.90 Å². The largest absolute Gasteiger partial charge is 0.393 e. The van der Waals surface area contributed by atoms with Crippen LogP contribution in [0.3, 0.4) is 0 Å². The van der Waals surface area contributed by atoms with Crippen molar-refractivity contribution in [3.8, 4) is 0 Å². The second-order valence-corrected chi connectivity index (χ2v) is 5.62. The summed E-state index contributed by atoms with van der Waals surface area (Å²) in [4.78, 5) is 13.9. The zero-order chi connectivity index (χ0) is 15.4. The van der Waals surface area contributed by atoms with Crippen molar-refractivity contribution < 1.29 is 9.90 Å². The minimum atomic E-state index is -0.390. The summed E-state index contributed by atoms with van der Waals surface area (Å²) in [5.74, 6) is -0.0247. The minimum Gasteiger partial charge on any atom is -0.393 e. The summed E-state index contributed by atoms with van der Waals surface area (Å²) in [6.07, 6.45) is 1.18. The van der Waals surface area contributed by atoms with Crippen molar-refractivity contribution in [2.24, 2.45) is 5.10 Å². The quantitative estimate of drug-likeness (QED) is 0.903. The Balaban J connectivity index is 2.00. The molecule has 5 nitrogen and oxygen atoms in total. The lowest BCUT2D eigenvalue weighted by Crippen LogP contribution is -2.29. The molecular formula is C16H23N3O2. The van der Waals surface area contributed by atoms with E-state index in [9.17, 15) is 9.90 Å². The van der Waals surface area contributed by atoms with E-state index in [2.05, 4.69) is 5.10 Å². The molecule has 21 heavy (non-hydrogen) atoms. The molecule has 0 saturated heterocycles. The van der Waals surface area contributed by atoms with Crippen LogP contribution in [0.4, 0.5) is 5.69 Å². The maximum Gasteiger partial charge on any atom is 0.253 e. The number of carbonyl (C=O) groups is 1. The first-order valence-corrected chi connectivity index (χ1v) is 7.32. The fraction of sp³-hybridized carbons (Fsp3) is 0.500. The number of nitrogens with zero attached hydrogens (tertiary/aromatic N) is 3. The average molecular weight is 289 g/mol. The lowest BCUT2D eigenvalue weighted by Gasteiger charge is -2.19. The Bertz CT molecular complexity index is 523. The molecule has 1 aliphatic heterocycles. The van der Waals surface area contributed by atoms with Gasteiger partial charge < -0.3 is 10.0 Å². The third kappa shape index (κ3) is 4.04. The number of aliphatic hydroxyl groups excluding tert-OH is 1. The molecule has 1 aromatic carbocycles. The van der Waals surface area contributed by atoms with E-state index in [0.717, 1.165) is 24.4 Å². The van der Waals surface area contributed by atoms with E-state index in [4.69, 9.17) is 0 Å². The highest BCUT2D eigenvalue weighted by Gasteiger charge is 2.15. The van der Waals surface area contributed by atoms with Crippen LogP contribution in [0.25, 0.3) is 0 Å². The van der Waals surface area contributed by atoms with Gasteiger partial charge in [-0.25, -0.2) is 0 Å². The molecule has 1 atom stereocenters. The number of aliphatic hydroxyl groups is 1. The molecule has 0 bridgehead atoms. The van der Waals surface area contributed by atoms with E-state index in [0.29, 0.717) is 18.5 Å². The fourth-order valence-corrected chi connectivity index (χ4v) is 2.24. The Morgan fingerprint density at radius 1 is 1.43 bits per heavy atom. The first kappa shape index (κ1) is 15.5. The molecule has 0 aromatic heterocycles.